The summed E-state index contributed by atoms with van der Waals surface area (Å²) >= 11 is 0. The molecule has 6 heteroatoms. The maximum atomic E-state index is 13.1. The van der Waals surface area contributed by atoms with Crippen LogP contribution in [-0.2, 0) is 13.0 Å². The van der Waals surface area contributed by atoms with E-state index in [0.717, 1.165) is 48.7 Å². The maximum absolute atomic E-state index is 13.1. The second-order valence-electron chi connectivity index (χ2n) is 6.55. The Morgan fingerprint density at radius 1 is 1.30 bits per heavy atom. The van der Waals surface area contributed by atoms with Gasteiger partial charge in [0.05, 0.1) is 23.1 Å². The number of anilines is 2. The molecule has 2 aromatic rings. The number of pyridine rings is 1. The van der Waals surface area contributed by atoms with Crippen molar-refractivity contribution in [3.63, 3.8) is 0 Å². The van der Waals surface area contributed by atoms with Gasteiger partial charge in [-0.15, -0.1) is 0 Å². The van der Waals surface area contributed by atoms with E-state index in [-0.39, 0.29) is 5.91 Å². The number of hydrogen-bond donors (Lipinski definition) is 0. The molecule has 1 amide bonds. The summed E-state index contributed by atoms with van der Waals surface area (Å²) in [6.07, 6.45) is 5.56. The zero-order valence-corrected chi connectivity index (χ0v) is 13.6. The molecule has 2 aliphatic heterocycles. The quantitative estimate of drug-likeness (QED) is 0.808. The van der Waals surface area contributed by atoms with Crippen molar-refractivity contribution in [2.24, 2.45) is 5.92 Å². The molecule has 0 saturated carbocycles. The number of carbonyl (C=O) groups is 1. The van der Waals surface area contributed by atoms with Gasteiger partial charge in [-0.05, 0) is 30.9 Å². The van der Waals surface area contributed by atoms with E-state index >= 15 is 0 Å². The van der Waals surface area contributed by atoms with Gasteiger partial charge in [0.2, 0.25) is 0 Å². The number of aromatic nitrogens is 3. The molecule has 0 spiro atoms. The Bertz CT molecular complexity index is 753. The highest BCUT2D eigenvalue weighted by Crippen LogP contribution is 2.32. The molecule has 2 aromatic heterocycles. The van der Waals surface area contributed by atoms with Crippen LogP contribution in [-0.4, -0.2) is 40.8 Å². The van der Waals surface area contributed by atoms with Crippen LogP contribution in [0.5, 0.6) is 0 Å². The molecule has 1 unspecified atom stereocenters. The molecule has 2 aliphatic rings. The summed E-state index contributed by atoms with van der Waals surface area (Å²) in [6.45, 7) is 4.61. The minimum absolute atomic E-state index is 0.0442. The van der Waals surface area contributed by atoms with Crippen LogP contribution in [0.2, 0.25) is 0 Å². The summed E-state index contributed by atoms with van der Waals surface area (Å²) in [4.78, 5) is 21.5. The minimum Gasteiger partial charge on any atom is -0.356 e. The van der Waals surface area contributed by atoms with Gasteiger partial charge in [0.25, 0.3) is 5.91 Å². The molecule has 0 bridgehead atoms. The topological polar surface area (TPSA) is 54.3 Å². The lowest BCUT2D eigenvalue weighted by Crippen LogP contribution is -2.43. The second kappa shape index (κ2) is 5.37. The Morgan fingerprint density at radius 3 is 3.04 bits per heavy atom. The van der Waals surface area contributed by atoms with E-state index in [1.807, 2.05) is 28.8 Å². The Kier molecular flexibility index (Phi) is 3.32. The Morgan fingerprint density at radius 2 is 2.17 bits per heavy atom. The summed E-state index contributed by atoms with van der Waals surface area (Å²) < 4.78 is 1.99. The molecule has 1 atom stereocenters. The van der Waals surface area contributed by atoms with Gasteiger partial charge < -0.3 is 9.80 Å². The fourth-order valence-corrected chi connectivity index (χ4v) is 3.50. The number of likely N-dealkylation sites (N-methyl/N-ethyl adjacent to an activating group) is 1. The monoisotopic (exact) mass is 311 g/mol. The van der Waals surface area contributed by atoms with Crippen LogP contribution in [0.1, 0.15) is 29.4 Å². The smallest absolute Gasteiger partial charge is 0.261 e. The van der Waals surface area contributed by atoms with Crippen LogP contribution < -0.4 is 9.80 Å². The van der Waals surface area contributed by atoms with E-state index in [1.54, 1.807) is 12.4 Å². The first-order chi connectivity index (χ1) is 11.1. The van der Waals surface area contributed by atoms with Crippen LogP contribution in [0.15, 0.2) is 24.5 Å². The van der Waals surface area contributed by atoms with Crippen LogP contribution in [0.4, 0.5) is 11.5 Å². The fraction of sp³-hybridized carbons (Fsp3) is 0.471. The maximum Gasteiger partial charge on any atom is 0.261 e. The number of nitrogens with zero attached hydrogens (tertiary/aromatic N) is 5. The van der Waals surface area contributed by atoms with Crippen LogP contribution in [0, 0.1) is 5.92 Å². The lowest BCUT2D eigenvalue weighted by Gasteiger charge is -2.34. The van der Waals surface area contributed by atoms with Crippen molar-refractivity contribution < 1.29 is 4.79 Å². The van der Waals surface area contributed by atoms with E-state index in [0.29, 0.717) is 12.5 Å². The first kappa shape index (κ1) is 14.2. The number of fused-ring (bicyclic) bond motifs is 2. The van der Waals surface area contributed by atoms with E-state index in [2.05, 4.69) is 21.9 Å². The van der Waals surface area contributed by atoms with Crippen molar-refractivity contribution in [1.29, 1.82) is 0 Å². The second-order valence-corrected chi connectivity index (χ2v) is 6.55. The van der Waals surface area contributed by atoms with Gasteiger partial charge in [-0.2, -0.15) is 5.10 Å². The lowest BCUT2D eigenvalue weighted by atomic mass is 9.96. The minimum atomic E-state index is 0.0442. The third-order valence-corrected chi connectivity index (χ3v) is 4.88. The highest BCUT2D eigenvalue weighted by atomic mass is 16.2. The number of aryl methyl sites for hydroxylation is 1. The summed E-state index contributed by atoms with van der Waals surface area (Å²) in [6, 6.07) is 3.85. The van der Waals surface area contributed by atoms with E-state index in [9.17, 15) is 4.79 Å². The molecule has 23 heavy (non-hydrogen) atoms. The molecular formula is C17H21N5O. The molecule has 6 nitrogen and oxygen atoms in total. The zero-order valence-electron chi connectivity index (χ0n) is 13.6. The number of amides is 1. The molecule has 4 rings (SSSR count). The first-order valence-corrected chi connectivity index (χ1v) is 8.18. The van der Waals surface area contributed by atoms with E-state index < -0.39 is 0 Å². The van der Waals surface area contributed by atoms with Crippen molar-refractivity contribution in [2.75, 3.05) is 29.9 Å². The van der Waals surface area contributed by atoms with Gasteiger partial charge >= 0.3 is 0 Å². The van der Waals surface area contributed by atoms with Gasteiger partial charge in [-0.1, -0.05) is 6.92 Å². The third-order valence-electron chi connectivity index (χ3n) is 4.88. The Balaban J connectivity index is 1.71. The normalized spacial score (nSPS) is 20.2. The van der Waals surface area contributed by atoms with Crippen molar-refractivity contribution >= 4 is 17.4 Å². The molecular weight excluding hydrogens is 290 g/mol. The fourth-order valence-electron chi connectivity index (χ4n) is 3.50. The number of rotatable bonds is 1. The highest BCUT2D eigenvalue weighted by molar-refractivity contribution is 6.08. The number of carbonyl (C=O) groups excluding carboxylic acids is 1. The summed E-state index contributed by atoms with van der Waals surface area (Å²) in [7, 11) is 2.01. The third kappa shape index (κ3) is 2.29. The molecule has 0 N–H and O–H groups in total. The summed E-state index contributed by atoms with van der Waals surface area (Å²) in [5.74, 6) is 1.51. The van der Waals surface area contributed by atoms with Gasteiger partial charge in [0.15, 0.2) is 5.82 Å². The van der Waals surface area contributed by atoms with Gasteiger partial charge in [0.1, 0.15) is 0 Å². The average molecular weight is 311 g/mol. The molecule has 4 heterocycles. The molecule has 120 valence electrons. The summed E-state index contributed by atoms with van der Waals surface area (Å²) in [5, 5.41) is 4.42. The first-order valence-electron chi connectivity index (χ1n) is 8.18. The van der Waals surface area contributed by atoms with Crippen LogP contribution >= 0.6 is 0 Å². The number of hydrogen-bond acceptors (Lipinski definition) is 4. The largest absolute Gasteiger partial charge is 0.356 e. The SMILES string of the molecule is CC1CCn2ncc(C(=O)N3CCN(C)c4ncccc43)c2C1. The molecule has 0 saturated heterocycles. The van der Waals surface area contributed by atoms with Crippen molar-refractivity contribution in [1.82, 2.24) is 14.8 Å². The summed E-state index contributed by atoms with van der Waals surface area (Å²) in [5.41, 5.74) is 2.71. The van der Waals surface area contributed by atoms with Crippen molar-refractivity contribution in [3.05, 3.63) is 35.8 Å². The highest BCUT2D eigenvalue weighted by Gasteiger charge is 2.30. The van der Waals surface area contributed by atoms with E-state index in [1.165, 1.54) is 0 Å². The predicted octanol–water partition coefficient (Wildman–Crippen LogP) is 1.96. The van der Waals surface area contributed by atoms with Gasteiger partial charge in [-0.25, -0.2) is 4.98 Å². The van der Waals surface area contributed by atoms with Crippen LogP contribution in [0.3, 0.4) is 0 Å². The van der Waals surface area contributed by atoms with E-state index in [4.69, 9.17) is 0 Å². The molecule has 0 aliphatic carbocycles. The standard InChI is InChI=1S/C17H21N5O/c1-12-5-7-22-15(10-12)13(11-19-22)17(23)21-9-8-20(2)16-14(21)4-3-6-18-16/h3-4,6,11-12H,5,7-10H2,1-2H3. The van der Waals surface area contributed by atoms with Crippen LogP contribution in [0.25, 0.3) is 0 Å². The Labute approximate surface area is 135 Å². The molecule has 0 fully saturated rings. The van der Waals surface area contributed by atoms with Crippen molar-refractivity contribution in [3.8, 4) is 0 Å². The predicted molar refractivity (Wildman–Crippen MR) is 88.9 cm³/mol. The van der Waals surface area contributed by atoms with Crippen molar-refractivity contribution in [2.45, 2.75) is 26.3 Å². The Hall–Kier alpha value is -2.37. The molecule has 0 radical (unpaired) electrons. The van der Waals surface area contributed by atoms with Gasteiger partial charge in [-0.3, -0.25) is 9.48 Å². The molecule has 0 aromatic carbocycles. The lowest BCUT2D eigenvalue weighted by molar-refractivity contribution is 0.0985. The zero-order chi connectivity index (χ0) is 16.0. The van der Waals surface area contributed by atoms with Gasteiger partial charge in [0, 0.05) is 32.9 Å². The average Bonchev–Trinajstić information content (AvgIpc) is 2.98.